The maximum atomic E-state index is 13.1. The van der Waals surface area contributed by atoms with E-state index in [-0.39, 0.29) is 22.3 Å². The van der Waals surface area contributed by atoms with Crippen molar-refractivity contribution in [2.75, 3.05) is 11.1 Å². The molecule has 0 fully saturated rings. The van der Waals surface area contributed by atoms with Crippen LogP contribution in [0, 0.1) is 13.8 Å². The number of sulfone groups is 1. The first-order valence-electron chi connectivity index (χ1n) is 9.76. The minimum atomic E-state index is -3.30. The predicted molar refractivity (Wildman–Crippen MR) is 119 cm³/mol. The van der Waals surface area contributed by atoms with E-state index in [2.05, 4.69) is 15.5 Å². The summed E-state index contributed by atoms with van der Waals surface area (Å²) in [5, 5.41) is 7.32. The number of benzene rings is 2. The molecule has 7 nitrogen and oxygen atoms in total. The number of rotatable bonds is 5. The van der Waals surface area contributed by atoms with Crippen molar-refractivity contribution >= 4 is 32.5 Å². The van der Waals surface area contributed by atoms with E-state index in [4.69, 9.17) is 4.52 Å². The van der Waals surface area contributed by atoms with Gasteiger partial charge in [0, 0.05) is 11.3 Å². The average Bonchev–Trinajstić information content (AvgIpc) is 3.14. The van der Waals surface area contributed by atoms with Crippen molar-refractivity contribution in [3.05, 3.63) is 71.4 Å². The molecule has 0 saturated heterocycles. The predicted octanol–water partition coefficient (Wildman–Crippen LogP) is 4.55. The Hall–Kier alpha value is -3.52. The summed E-state index contributed by atoms with van der Waals surface area (Å²) in [7, 11) is -3.30. The number of amides is 1. The summed E-state index contributed by atoms with van der Waals surface area (Å²) < 4.78 is 29.3. The Morgan fingerprint density at radius 2 is 1.71 bits per heavy atom. The van der Waals surface area contributed by atoms with Gasteiger partial charge in [0.25, 0.3) is 11.6 Å². The van der Waals surface area contributed by atoms with Crippen LogP contribution in [-0.4, -0.2) is 30.2 Å². The van der Waals surface area contributed by atoms with Gasteiger partial charge in [-0.25, -0.2) is 13.4 Å². The van der Waals surface area contributed by atoms with Crippen molar-refractivity contribution in [3.8, 4) is 11.3 Å². The monoisotopic (exact) mass is 435 g/mol. The maximum Gasteiger partial charge on any atom is 0.259 e. The number of aromatic nitrogens is 2. The molecular weight excluding hydrogens is 414 g/mol. The maximum absolute atomic E-state index is 13.1. The van der Waals surface area contributed by atoms with Gasteiger partial charge < -0.3 is 9.84 Å². The number of nitrogens with one attached hydrogen (secondary N) is 1. The van der Waals surface area contributed by atoms with Crippen LogP contribution in [0.4, 0.5) is 5.69 Å². The fourth-order valence-corrected chi connectivity index (χ4v) is 4.14. The number of anilines is 1. The van der Waals surface area contributed by atoms with Crippen molar-refractivity contribution in [2.24, 2.45) is 0 Å². The van der Waals surface area contributed by atoms with Crippen molar-refractivity contribution in [1.82, 2.24) is 10.1 Å². The molecule has 0 unspecified atom stereocenters. The standard InChI is InChI=1S/C23H21N3O4S/c1-4-31(28,29)18-11-9-17(10-12-18)24-22(27)19-13-20(16-7-5-14(2)6-8-16)25-23-21(19)15(3)26-30-23/h5-13H,4H2,1-3H3,(H,24,27). The third kappa shape index (κ3) is 4.06. The largest absolute Gasteiger partial charge is 0.335 e. The van der Waals surface area contributed by atoms with Crippen molar-refractivity contribution in [2.45, 2.75) is 25.7 Å². The van der Waals surface area contributed by atoms with Crippen LogP contribution in [-0.2, 0) is 9.84 Å². The first-order valence-corrected chi connectivity index (χ1v) is 11.4. The highest BCUT2D eigenvalue weighted by Gasteiger charge is 2.20. The van der Waals surface area contributed by atoms with Gasteiger partial charge in [0.15, 0.2) is 9.84 Å². The summed E-state index contributed by atoms with van der Waals surface area (Å²) in [5.41, 5.74) is 4.27. The number of hydrogen-bond acceptors (Lipinski definition) is 6. The van der Waals surface area contributed by atoms with E-state index >= 15 is 0 Å². The highest BCUT2D eigenvalue weighted by Crippen LogP contribution is 2.28. The van der Waals surface area contributed by atoms with Crippen molar-refractivity contribution in [3.63, 3.8) is 0 Å². The zero-order valence-corrected chi connectivity index (χ0v) is 18.2. The topological polar surface area (TPSA) is 102 Å². The van der Waals surface area contributed by atoms with Gasteiger partial charge >= 0.3 is 0 Å². The molecule has 158 valence electrons. The number of hydrogen-bond donors (Lipinski definition) is 1. The van der Waals surface area contributed by atoms with Gasteiger partial charge in [-0.2, -0.15) is 0 Å². The molecule has 1 N–H and O–H groups in total. The van der Waals surface area contributed by atoms with Crippen LogP contribution in [0.5, 0.6) is 0 Å². The smallest absolute Gasteiger partial charge is 0.259 e. The van der Waals surface area contributed by atoms with Crippen LogP contribution in [0.15, 0.2) is 64.0 Å². The van der Waals surface area contributed by atoms with Gasteiger partial charge in [-0.1, -0.05) is 41.9 Å². The summed E-state index contributed by atoms with van der Waals surface area (Å²) in [6.45, 7) is 5.34. The zero-order valence-electron chi connectivity index (χ0n) is 17.3. The van der Waals surface area contributed by atoms with E-state index in [1.54, 1.807) is 32.0 Å². The summed E-state index contributed by atoms with van der Waals surface area (Å²) >= 11 is 0. The molecule has 4 aromatic rings. The zero-order chi connectivity index (χ0) is 22.2. The summed E-state index contributed by atoms with van der Waals surface area (Å²) in [6, 6.07) is 15.6. The lowest BCUT2D eigenvalue weighted by Crippen LogP contribution is -2.13. The second kappa shape index (κ2) is 7.96. The fraction of sp³-hybridized carbons (Fsp3) is 0.174. The molecule has 31 heavy (non-hydrogen) atoms. The van der Waals surface area contributed by atoms with Crippen LogP contribution in [0.25, 0.3) is 22.4 Å². The van der Waals surface area contributed by atoms with Crippen molar-refractivity contribution in [1.29, 1.82) is 0 Å². The summed E-state index contributed by atoms with van der Waals surface area (Å²) in [4.78, 5) is 17.9. The Bertz CT molecular complexity index is 1370. The molecule has 0 bridgehead atoms. The quantitative estimate of drug-likeness (QED) is 0.493. The second-order valence-electron chi connectivity index (χ2n) is 7.25. The molecule has 0 radical (unpaired) electrons. The minimum Gasteiger partial charge on any atom is -0.335 e. The molecule has 0 atom stereocenters. The summed E-state index contributed by atoms with van der Waals surface area (Å²) in [6.07, 6.45) is 0. The number of carbonyl (C=O) groups is 1. The lowest BCUT2D eigenvalue weighted by Gasteiger charge is -2.09. The third-order valence-electron chi connectivity index (χ3n) is 5.06. The van der Waals surface area contributed by atoms with E-state index in [9.17, 15) is 13.2 Å². The lowest BCUT2D eigenvalue weighted by molar-refractivity contribution is 0.102. The molecule has 0 spiro atoms. The van der Waals surface area contributed by atoms with E-state index in [1.165, 1.54) is 12.1 Å². The van der Waals surface area contributed by atoms with Gasteiger partial charge in [-0.15, -0.1) is 0 Å². The molecule has 2 aromatic carbocycles. The van der Waals surface area contributed by atoms with E-state index in [0.717, 1.165) is 11.1 Å². The Kier molecular flexibility index (Phi) is 5.32. The first kappa shape index (κ1) is 20.7. The Labute approximate surface area is 180 Å². The summed E-state index contributed by atoms with van der Waals surface area (Å²) in [5.74, 6) is -0.347. The van der Waals surface area contributed by atoms with Gasteiger partial charge in [0.1, 0.15) is 0 Å². The van der Waals surface area contributed by atoms with Gasteiger partial charge in [-0.05, 0) is 44.2 Å². The van der Waals surface area contributed by atoms with Crippen LogP contribution in [0.2, 0.25) is 0 Å². The molecule has 0 saturated carbocycles. The lowest BCUT2D eigenvalue weighted by atomic mass is 10.0. The molecule has 0 aliphatic rings. The van der Waals surface area contributed by atoms with Crippen LogP contribution in [0.3, 0.4) is 0 Å². The Balaban J connectivity index is 1.72. The molecule has 2 heterocycles. The average molecular weight is 436 g/mol. The van der Waals surface area contributed by atoms with E-state index in [0.29, 0.717) is 28.0 Å². The van der Waals surface area contributed by atoms with E-state index < -0.39 is 9.84 Å². The number of aryl methyl sites for hydroxylation is 2. The van der Waals surface area contributed by atoms with Crippen molar-refractivity contribution < 1.29 is 17.7 Å². The van der Waals surface area contributed by atoms with Crippen LogP contribution >= 0.6 is 0 Å². The fourth-order valence-electron chi connectivity index (χ4n) is 3.26. The number of pyridine rings is 1. The minimum absolute atomic E-state index is 0.0161. The van der Waals surface area contributed by atoms with E-state index in [1.807, 2.05) is 31.2 Å². The van der Waals surface area contributed by atoms with Crippen LogP contribution in [0.1, 0.15) is 28.5 Å². The number of fused-ring (bicyclic) bond motifs is 1. The van der Waals surface area contributed by atoms with Gasteiger partial charge in [0.2, 0.25) is 0 Å². The molecule has 1 amide bonds. The second-order valence-corrected chi connectivity index (χ2v) is 9.53. The normalized spacial score (nSPS) is 11.6. The van der Waals surface area contributed by atoms with Gasteiger partial charge in [0.05, 0.1) is 33.0 Å². The molecule has 0 aliphatic heterocycles. The van der Waals surface area contributed by atoms with Gasteiger partial charge in [-0.3, -0.25) is 4.79 Å². The molecule has 2 aromatic heterocycles. The number of carbonyl (C=O) groups excluding carboxylic acids is 1. The third-order valence-corrected chi connectivity index (χ3v) is 6.81. The Morgan fingerprint density at radius 1 is 1.03 bits per heavy atom. The molecule has 4 rings (SSSR count). The first-order chi connectivity index (χ1) is 14.8. The molecule has 8 heteroatoms. The van der Waals surface area contributed by atoms with Crippen LogP contribution < -0.4 is 5.32 Å². The SMILES string of the molecule is CCS(=O)(=O)c1ccc(NC(=O)c2cc(-c3ccc(C)cc3)nc3onc(C)c23)cc1. The Morgan fingerprint density at radius 3 is 2.35 bits per heavy atom. The highest BCUT2D eigenvalue weighted by atomic mass is 32.2. The highest BCUT2D eigenvalue weighted by molar-refractivity contribution is 7.91. The molecular formula is C23H21N3O4S. The molecule has 0 aliphatic carbocycles. The number of nitrogens with zero attached hydrogens (tertiary/aromatic N) is 2.